The minimum absolute atomic E-state index is 0.0852. The number of anilines is 9. The van der Waals surface area contributed by atoms with Gasteiger partial charge in [0.15, 0.2) is 11.3 Å². The standard InChI is InChI=1S/C25H26N8O.2C24H24N8O/c1-16-11-27-24-20(14-29-33(24)15-16)18-4-5-21(23-19(18)13-28-25(23)34)30-22-6-3-17(12-26-22)32-9-7-31(2)8-10-32;1-30-9-11-31(12-10-30)16-3-6-21(26-13-16)29-20-5-4-17(18-14-27-24(33)22(18)20)19-15-28-32-8-2-7-25-23(19)32;1-30-8-10-31(11-9-30)16-2-5-22(26-12-16)29-20-4-3-17(19-13-27-24(33)23(19)20)18-14-28-32-7-6-25-15-21(18)32/h3-6,11-12,14-15H,7-10,13H2,1-2H3,(H,26,30)(H,28,34);2-8,13,15H,9-12,14H2,1H3,(H,26,29)(H,27,33);2-7,12,14-15H,8-11,13H2,1H3,(H,26,29)(H,27,33). The summed E-state index contributed by atoms with van der Waals surface area (Å²) in [7, 11) is 6.44. The zero-order chi connectivity index (χ0) is 68.0. The van der Waals surface area contributed by atoms with Crippen molar-refractivity contribution >= 4 is 86.1 Å². The Labute approximate surface area is 575 Å². The SMILES string of the molecule is CN1CCN(c2ccc(Nc3ccc(-c4cnn5cccnc45)c4c3C(=O)NC4)nc2)CC1.CN1CCN(c2ccc(Nc3ccc(-c4cnn5ccncc45)c4c3C(=O)NC4)nc2)CC1.Cc1cnc2c(-c3ccc(Nc4ccc(N5CCN(C)CC5)cn4)c4c3CNC4=O)cnn2c1. The van der Waals surface area contributed by atoms with Crippen molar-refractivity contribution in [2.75, 3.05) is 130 Å². The third-order valence-electron chi connectivity index (χ3n) is 19.5. The molecular weight excluding hydrogens is 1260 g/mol. The predicted molar refractivity (Wildman–Crippen MR) is 385 cm³/mol. The number of rotatable bonds is 12. The first kappa shape index (κ1) is 62.8. The number of nitrogens with zero attached hydrogens (tertiary/aromatic N) is 18. The molecule has 12 aromatic rings. The van der Waals surface area contributed by atoms with Crippen molar-refractivity contribution < 1.29 is 14.4 Å². The molecule has 3 fully saturated rings. The molecule has 0 radical (unpaired) electrons. The van der Waals surface area contributed by atoms with E-state index >= 15 is 0 Å². The van der Waals surface area contributed by atoms with E-state index in [-0.39, 0.29) is 17.7 Å². The van der Waals surface area contributed by atoms with Gasteiger partial charge in [0.05, 0.1) is 99.7 Å². The molecular formula is C73H74N24O3. The van der Waals surface area contributed by atoms with Crippen molar-refractivity contribution in [3.63, 3.8) is 0 Å². The van der Waals surface area contributed by atoms with Crippen molar-refractivity contribution in [1.29, 1.82) is 0 Å². The lowest BCUT2D eigenvalue weighted by atomic mass is 9.96. The number of nitrogens with one attached hydrogen (secondary N) is 6. The Morgan fingerprint density at radius 2 is 0.790 bits per heavy atom. The van der Waals surface area contributed by atoms with Gasteiger partial charge in [-0.2, -0.15) is 15.3 Å². The van der Waals surface area contributed by atoms with Gasteiger partial charge in [-0.3, -0.25) is 19.4 Å². The van der Waals surface area contributed by atoms with E-state index in [1.54, 1.807) is 38.3 Å². The van der Waals surface area contributed by atoms with Gasteiger partial charge in [0, 0.05) is 152 Å². The summed E-state index contributed by atoms with van der Waals surface area (Å²) in [5.74, 6) is 1.86. The molecule has 9 aromatic heterocycles. The van der Waals surface area contributed by atoms with E-state index in [9.17, 15) is 14.4 Å². The van der Waals surface area contributed by atoms with Gasteiger partial charge < -0.3 is 61.3 Å². The van der Waals surface area contributed by atoms with Crippen LogP contribution in [-0.4, -0.2) is 191 Å². The van der Waals surface area contributed by atoms with Crippen LogP contribution in [0.4, 0.5) is 51.6 Å². The fourth-order valence-corrected chi connectivity index (χ4v) is 13.9. The van der Waals surface area contributed by atoms with Crippen molar-refractivity contribution in [2.45, 2.75) is 26.6 Å². The van der Waals surface area contributed by atoms with Crippen molar-refractivity contribution in [1.82, 2.24) is 89.4 Å². The van der Waals surface area contributed by atoms with Crippen molar-refractivity contribution in [2.24, 2.45) is 0 Å². The largest absolute Gasteiger partial charge is 0.368 e. The number of likely N-dealkylation sites (N-methyl/N-ethyl adjacent to an activating group) is 3. The van der Waals surface area contributed by atoms with E-state index in [2.05, 4.69) is 146 Å². The molecule has 0 atom stereocenters. The third kappa shape index (κ3) is 12.4. The van der Waals surface area contributed by atoms with Crippen LogP contribution in [0.1, 0.15) is 53.3 Å². The molecule has 3 saturated heterocycles. The van der Waals surface area contributed by atoms with Crippen LogP contribution in [0.25, 0.3) is 50.2 Å². The molecule has 0 bridgehead atoms. The van der Waals surface area contributed by atoms with Crippen LogP contribution in [0.15, 0.2) is 159 Å². The van der Waals surface area contributed by atoms with Gasteiger partial charge in [0.1, 0.15) is 17.5 Å². The van der Waals surface area contributed by atoms with E-state index in [1.165, 1.54) is 0 Å². The predicted octanol–water partition coefficient (Wildman–Crippen LogP) is 7.90. The summed E-state index contributed by atoms with van der Waals surface area (Å²) in [4.78, 5) is 79.4. The van der Waals surface area contributed by atoms with E-state index in [4.69, 9.17) is 0 Å². The summed E-state index contributed by atoms with van der Waals surface area (Å²) < 4.78 is 5.31. The lowest BCUT2D eigenvalue weighted by Crippen LogP contribution is -2.44. The number of aryl methyl sites for hydroxylation is 1. The molecule has 15 heterocycles. The van der Waals surface area contributed by atoms with Crippen molar-refractivity contribution in [3.8, 4) is 33.4 Å². The number of fused-ring (bicyclic) bond motifs is 6. The molecule has 3 amide bonds. The Balaban J connectivity index is 0.000000117. The fraction of sp³-hybridized carbons (Fsp3) is 0.260. The highest BCUT2D eigenvalue weighted by atomic mass is 16.2. The average molecular weight is 1340 g/mol. The van der Waals surface area contributed by atoms with Crippen LogP contribution in [0, 0.1) is 6.92 Å². The number of carbonyl (C=O) groups excluding carboxylic acids is 3. The fourth-order valence-electron chi connectivity index (χ4n) is 13.9. The Hall–Kier alpha value is -11.9. The monoisotopic (exact) mass is 1330 g/mol. The summed E-state index contributed by atoms with van der Waals surface area (Å²) >= 11 is 0. The molecule has 100 heavy (non-hydrogen) atoms. The average Bonchev–Trinajstić information content (AvgIpc) is 1.60. The lowest BCUT2D eigenvalue weighted by Gasteiger charge is -2.33. The van der Waals surface area contributed by atoms with Gasteiger partial charge in [0.2, 0.25) is 0 Å². The first-order valence-corrected chi connectivity index (χ1v) is 33.6. The maximum Gasteiger partial charge on any atom is 0.254 e. The van der Waals surface area contributed by atoms with Crippen LogP contribution in [0.2, 0.25) is 0 Å². The maximum atomic E-state index is 12.8. The van der Waals surface area contributed by atoms with Gasteiger partial charge in [0.25, 0.3) is 17.7 Å². The number of amides is 3. The number of carbonyl (C=O) groups is 3. The molecule has 0 saturated carbocycles. The molecule has 0 unspecified atom stereocenters. The molecule has 6 N–H and O–H groups in total. The maximum absolute atomic E-state index is 12.8. The summed E-state index contributed by atoms with van der Waals surface area (Å²) in [5, 5.41) is 32.2. The number of benzene rings is 3. The Morgan fingerprint density at radius 3 is 1.23 bits per heavy atom. The number of aromatic nitrogens is 12. The molecule has 6 aliphatic rings. The second-order valence-electron chi connectivity index (χ2n) is 25.9. The molecule has 504 valence electrons. The minimum atomic E-state index is -0.0900. The van der Waals surface area contributed by atoms with Crippen LogP contribution >= 0.6 is 0 Å². The van der Waals surface area contributed by atoms with Gasteiger partial charge in [-0.1, -0.05) is 18.2 Å². The van der Waals surface area contributed by atoms with Crippen LogP contribution in [-0.2, 0) is 19.6 Å². The van der Waals surface area contributed by atoms with Gasteiger partial charge in [-0.15, -0.1) is 0 Å². The molecule has 27 heteroatoms. The highest BCUT2D eigenvalue weighted by Gasteiger charge is 2.31. The Morgan fingerprint density at radius 1 is 0.380 bits per heavy atom. The number of hydrogen-bond acceptors (Lipinski definition) is 21. The second-order valence-corrected chi connectivity index (χ2v) is 25.9. The molecule has 3 aromatic carbocycles. The van der Waals surface area contributed by atoms with Crippen molar-refractivity contribution in [3.05, 3.63) is 198 Å². The van der Waals surface area contributed by atoms with E-state index in [0.29, 0.717) is 53.8 Å². The van der Waals surface area contributed by atoms with E-state index in [0.717, 1.165) is 185 Å². The molecule has 0 aliphatic carbocycles. The zero-order valence-corrected chi connectivity index (χ0v) is 55.9. The molecule has 6 aliphatic heterocycles. The second kappa shape index (κ2) is 26.8. The highest BCUT2D eigenvalue weighted by molar-refractivity contribution is 6.09. The number of piperazine rings is 3. The van der Waals surface area contributed by atoms with Crippen LogP contribution < -0.4 is 46.6 Å². The van der Waals surface area contributed by atoms with Crippen LogP contribution in [0.5, 0.6) is 0 Å². The summed E-state index contributed by atoms with van der Waals surface area (Å²) in [6, 6.07) is 25.9. The van der Waals surface area contributed by atoms with Gasteiger partial charge >= 0.3 is 0 Å². The van der Waals surface area contributed by atoms with Crippen LogP contribution in [0.3, 0.4) is 0 Å². The summed E-state index contributed by atoms with van der Waals surface area (Å²) in [6.45, 7) is 15.7. The first-order chi connectivity index (χ1) is 48.9. The van der Waals surface area contributed by atoms with Gasteiger partial charge in [-0.05, 0) is 128 Å². The molecule has 0 spiro atoms. The lowest BCUT2D eigenvalue weighted by molar-refractivity contribution is 0.0958. The minimum Gasteiger partial charge on any atom is -0.368 e. The van der Waals surface area contributed by atoms with E-state index in [1.807, 2.05) is 123 Å². The van der Waals surface area contributed by atoms with E-state index < -0.39 is 0 Å². The first-order valence-electron chi connectivity index (χ1n) is 33.6. The molecule has 27 nitrogen and oxygen atoms in total. The zero-order valence-electron chi connectivity index (χ0n) is 55.9. The topological polar surface area (TPSA) is 272 Å². The summed E-state index contributed by atoms with van der Waals surface area (Å²) in [6.07, 6.45) is 23.8. The Kier molecular flexibility index (Phi) is 16.9. The number of hydrogen-bond donors (Lipinski definition) is 6. The normalized spacial score (nSPS) is 16.1. The highest BCUT2D eigenvalue weighted by Crippen LogP contribution is 2.40. The Bertz CT molecular complexity index is 4860. The smallest absolute Gasteiger partial charge is 0.254 e. The summed E-state index contributed by atoms with van der Waals surface area (Å²) in [5.41, 5.74) is 19.5. The van der Waals surface area contributed by atoms with Gasteiger partial charge in [-0.25, -0.2) is 38.5 Å². The third-order valence-corrected chi connectivity index (χ3v) is 19.5. The number of pyridine rings is 3. The quantitative estimate of drug-likeness (QED) is 0.0678. The molecule has 18 rings (SSSR count).